The third-order valence-electron chi connectivity index (χ3n) is 1.64. The molecule has 5 heteroatoms. The summed E-state index contributed by atoms with van der Waals surface area (Å²) in [5.74, 6) is 0. The molecule has 0 N–H and O–H groups in total. The smallest absolute Gasteiger partial charge is 0.166 e. The minimum Gasteiger partial charge on any atom is -0.166 e. The minimum atomic E-state index is -4.26. The fourth-order valence-corrected chi connectivity index (χ4v) is 1.86. The molecular weight excluding hydrogens is 360 g/mol. The Morgan fingerprint density at radius 1 is 1.31 bits per heavy atom. The maximum absolute atomic E-state index is 12.3. The van der Waals surface area contributed by atoms with Crippen molar-refractivity contribution in [2.75, 3.05) is 0 Å². The Hall–Kier alpha value is 0.220. The molecule has 1 aromatic rings. The molecular formula is C8H5BrF3I. The Morgan fingerprint density at radius 2 is 1.85 bits per heavy atom. The van der Waals surface area contributed by atoms with Crippen molar-refractivity contribution in [1.29, 1.82) is 0 Å². The van der Waals surface area contributed by atoms with Crippen LogP contribution in [0.25, 0.3) is 0 Å². The van der Waals surface area contributed by atoms with Crippen molar-refractivity contribution >= 4 is 38.5 Å². The van der Waals surface area contributed by atoms with Crippen LogP contribution < -0.4 is 0 Å². The van der Waals surface area contributed by atoms with E-state index in [-0.39, 0.29) is 5.56 Å². The highest BCUT2D eigenvalue weighted by Gasteiger charge is 2.33. The second kappa shape index (κ2) is 3.76. The van der Waals surface area contributed by atoms with Gasteiger partial charge in [-0.1, -0.05) is 0 Å². The van der Waals surface area contributed by atoms with E-state index in [9.17, 15) is 13.2 Å². The van der Waals surface area contributed by atoms with Crippen LogP contribution in [0.15, 0.2) is 16.6 Å². The summed E-state index contributed by atoms with van der Waals surface area (Å²) in [5, 5.41) is 0. The van der Waals surface area contributed by atoms with E-state index in [1.807, 2.05) is 22.6 Å². The lowest BCUT2D eigenvalue weighted by atomic mass is 10.1. The van der Waals surface area contributed by atoms with Crippen molar-refractivity contribution in [2.24, 2.45) is 0 Å². The van der Waals surface area contributed by atoms with Crippen LogP contribution in [0.4, 0.5) is 13.2 Å². The zero-order valence-corrected chi connectivity index (χ0v) is 10.3. The van der Waals surface area contributed by atoms with Gasteiger partial charge in [0.1, 0.15) is 0 Å². The Bertz CT molecular complexity index is 333. The largest absolute Gasteiger partial charge is 0.416 e. The number of rotatable bonds is 0. The van der Waals surface area contributed by atoms with Gasteiger partial charge in [-0.3, -0.25) is 0 Å². The Balaban J connectivity index is 3.35. The van der Waals surface area contributed by atoms with E-state index < -0.39 is 11.7 Å². The van der Waals surface area contributed by atoms with E-state index in [1.165, 1.54) is 13.0 Å². The lowest BCUT2D eigenvalue weighted by Gasteiger charge is -2.11. The SMILES string of the molecule is Cc1c(C(F)(F)F)ccc(Br)c1I. The molecule has 0 saturated carbocycles. The summed E-state index contributed by atoms with van der Waals surface area (Å²) in [4.78, 5) is 0. The third kappa shape index (κ3) is 2.37. The predicted octanol–water partition coefficient (Wildman–Crippen LogP) is 4.38. The summed E-state index contributed by atoms with van der Waals surface area (Å²) in [7, 11) is 0. The molecule has 0 aromatic heterocycles. The van der Waals surface area contributed by atoms with Gasteiger partial charge in [0.2, 0.25) is 0 Å². The number of benzene rings is 1. The van der Waals surface area contributed by atoms with Gasteiger partial charge >= 0.3 is 6.18 Å². The second-order valence-electron chi connectivity index (χ2n) is 2.53. The molecule has 0 nitrogen and oxygen atoms in total. The molecule has 0 radical (unpaired) electrons. The van der Waals surface area contributed by atoms with Gasteiger partial charge in [-0.25, -0.2) is 0 Å². The average molecular weight is 365 g/mol. The van der Waals surface area contributed by atoms with Crippen molar-refractivity contribution < 1.29 is 13.2 Å². The molecule has 0 amide bonds. The van der Waals surface area contributed by atoms with Gasteiger partial charge in [0.25, 0.3) is 0 Å². The van der Waals surface area contributed by atoms with E-state index in [4.69, 9.17) is 0 Å². The zero-order chi connectivity index (χ0) is 10.2. The van der Waals surface area contributed by atoms with Gasteiger partial charge in [0, 0.05) is 8.04 Å². The van der Waals surface area contributed by atoms with E-state index in [0.717, 1.165) is 6.07 Å². The highest BCUT2D eigenvalue weighted by atomic mass is 127. The van der Waals surface area contributed by atoms with Gasteiger partial charge in [0.15, 0.2) is 0 Å². The highest BCUT2D eigenvalue weighted by molar-refractivity contribution is 14.1. The third-order valence-corrected chi connectivity index (χ3v) is 4.44. The Labute approximate surface area is 95.8 Å². The molecule has 0 fully saturated rings. The Kier molecular flexibility index (Phi) is 3.27. The molecule has 0 atom stereocenters. The van der Waals surface area contributed by atoms with Crippen LogP contribution in [0.3, 0.4) is 0 Å². The molecule has 0 bridgehead atoms. The molecule has 1 aromatic carbocycles. The van der Waals surface area contributed by atoms with Crippen LogP contribution in [-0.4, -0.2) is 0 Å². The monoisotopic (exact) mass is 364 g/mol. The zero-order valence-electron chi connectivity index (χ0n) is 6.54. The summed E-state index contributed by atoms with van der Waals surface area (Å²) in [5.41, 5.74) is -0.303. The summed E-state index contributed by atoms with van der Waals surface area (Å²) < 4.78 is 38.3. The van der Waals surface area contributed by atoms with Gasteiger partial charge in [0.05, 0.1) is 5.56 Å². The number of hydrogen-bond acceptors (Lipinski definition) is 0. The molecule has 72 valence electrons. The second-order valence-corrected chi connectivity index (χ2v) is 4.46. The molecule has 0 aliphatic heterocycles. The van der Waals surface area contributed by atoms with Crippen molar-refractivity contribution in [1.82, 2.24) is 0 Å². The maximum Gasteiger partial charge on any atom is 0.416 e. The fraction of sp³-hybridized carbons (Fsp3) is 0.250. The van der Waals surface area contributed by atoms with Crippen LogP contribution in [0, 0.1) is 10.5 Å². The van der Waals surface area contributed by atoms with Crippen LogP contribution in [0.2, 0.25) is 0 Å². The molecule has 1 rings (SSSR count). The first-order valence-corrected chi connectivity index (χ1v) is 5.23. The Morgan fingerprint density at radius 3 is 2.31 bits per heavy atom. The lowest BCUT2D eigenvalue weighted by molar-refractivity contribution is -0.138. The van der Waals surface area contributed by atoms with Crippen molar-refractivity contribution in [3.8, 4) is 0 Å². The quantitative estimate of drug-likeness (QED) is 0.599. The first-order chi connectivity index (χ1) is 5.84. The summed E-state index contributed by atoms with van der Waals surface area (Å²) in [6.45, 7) is 1.47. The standard InChI is InChI=1S/C8H5BrF3I/c1-4-5(8(10,11)12)2-3-6(9)7(4)13/h2-3H,1H3. The van der Waals surface area contributed by atoms with E-state index in [2.05, 4.69) is 15.9 Å². The molecule has 0 aliphatic carbocycles. The van der Waals surface area contributed by atoms with Crippen molar-refractivity contribution in [3.05, 3.63) is 31.3 Å². The molecule has 13 heavy (non-hydrogen) atoms. The molecule has 0 aliphatic rings. The topological polar surface area (TPSA) is 0 Å². The van der Waals surface area contributed by atoms with Crippen LogP contribution >= 0.6 is 38.5 Å². The predicted molar refractivity (Wildman–Crippen MR) is 56.6 cm³/mol. The van der Waals surface area contributed by atoms with Crippen molar-refractivity contribution in [2.45, 2.75) is 13.1 Å². The van der Waals surface area contributed by atoms with E-state index >= 15 is 0 Å². The van der Waals surface area contributed by atoms with Crippen LogP contribution in [-0.2, 0) is 6.18 Å². The van der Waals surface area contributed by atoms with Crippen LogP contribution in [0.1, 0.15) is 11.1 Å². The van der Waals surface area contributed by atoms with Gasteiger partial charge in [-0.2, -0.15) is 13.2 Å². The molecule has 0 unspecified atom stereocenters. The fourth-order valence-electron chi connectivity index (χ4n) is 0.959. The summed E-state index contributed by atoms with van der Waals surface area (Å²) >= 11 is 5.06. The van der Waals surface area contributed by atoms with E-state index in [1.54, 1.807) is 0 Å². The number of halogens is 5. The normalized spacial score (nSPS) is 11.8. The molecule has 0 heterocycles. The van der Waals surface area contributed by atoms with Crippen LogP contribution in [0.5, 0.6) is 0 Å². The lowest BCUT2D eigenvalue weighted by Crippen LogP contribution is -2.08. The number of hydrogen-bond donors (Lipinski definition) is 0. The number of alkyl halides is 3. The van der Waals surface area contributed by atoms with Crippen molar-refractivity contribution in [3.63, 3.8) is 0 Å². The highest BCUT2D eigenvalue weighted by Crippen LogP contribution is 2.35. The van der Waals surface area contributed by atoms with Gasteiger partial charge < -0.3 is 0 Å². The summed E-state index contributed by atoms with van der Waals surface area (Å²) in [6, 6.07) is 2.50. The van der Waals surface area contributed by atoms with Gasteiger partial charge in [-0.05, 0) is 63.1 Å². The maximum atomic E-state index is 12.3. The van der Waals surface area contributed by atoms with Gasteiger partial charge in [-0.15, -0.1) is 0 Å². The first-order valence-electron chi connectivity index (χ1n) is 3.36. The average Bonchev–Trinajstić information content (AvgIpc) is 1.98. The first kappa shape index (κ1) is 11.3. The minimum absolute atomic E-state index is 0.266. The summed E-state index contributed by atoms with van der Waals surface area (Å²) in [6.07, 6.45) is -4.26. The molecule has 0 spiro atoms. The van der Waals surface area contributed by atoms with E-state index in [0.29, 0.717) is 8.04 Å². The molecule has 0 saturated heterocycles.